The van der Waals surface area contributed by atoms with E-state index in [0.717, 1.165) is 61.2 Å². The number of carboxylic acid groups (broad SMARTS) is 1. The Balaban J connectivity index is 1.43. The highest BCUT2D eigenvalue weighted by Crippen LogP contribution is 2.31. The number of carbonyl (C=O) groups excluding carboxylic acids is 1. The lowest BCUT2D eigenvalue weighted by molar-refractivity contribution is -0.143. The van der Waals surface area contributed by atoms with Gasteiger partial charge < -0.3 is 19.5 Å². The Morgan fingerprint density at radius 1 is 1.18 bits per heavy atom. The van der Waals surface area contributed by atoms with Gasteiger partial charge in [-0.25, -0.2) is 9.78 Å². The van der Waals surface area contributed by atoms with Gasteiger partial charge in [0, 0.05) is 25.7 Å². The number of rotatable bonds is 7. The van der Waals surface area contributed by atoms with E-state index in [1.54, 1.807) is 22.8 Å². The molecule has 2 heterocycles. The molecule has 184 valence electrons. The molecular weight excluding hydrogens is 436 g/mol. The number of pyridine rings is 1. The van der Waals surface area contributed by atoms with E-state index in [-0.39, 0.29) is 30.8 Å². The molecule has 9 nitrogen and oxygen atoms in total. The number of hydrogen-bond acceptors (Lipinski definition) is 6. The monoisotopic (exact) mass is 470 g/mol. The maximum absolute atomic E-state index is 12.5. The lowest BCUT2D eigenvalue weighted by Crippen LogP contribution is -2.35. The summed E-state index contributed by atoms with van der Waals surface area (Å²) >= 11 is 0. The Morgan fingerprint density at radius 2 is 1.94 bits per heavy atom. The Morgan fingerprint density at radius 3 is 2.65 bits per heavy atom. The van der Waals surface area contributed by atoms with Gasteiger partial charge in [-0.15, -0.1) is 0 Å². The lowest BCUT2D eigenvalue weighted by Gasteiger charge is -2.27. The minimum absolute atomic E-state index is 0.110. The molecule has 1 N–H and O–H groups in total. The van der Waals surface area contributed by atoms with Crippen LogP contribution in [0.25, 0.3) is 11.3 Å². The van der Waals surface area contributed by atoms with Gasteiger partial charge in [0.25, 0.3) is 0 Å². The first-order valence-corrected chi connectivity index (χ1v) is 12.1. The Labute approximate surface area is 200 Å². The number of amides is 1. The predicted molar refractivity (Wildman–Crippen MR) is 125 cm³/mol. The molecule has 2 aliphatic rings. The molecule has 0 aromatic carbocycles. The van der Waals surface area contributed by atoms with Crippen molar-refractivity contribution >= 4 is 12.1 Å². The van der Waals surface area contributed by atoms with Gasteiger partial charge in [-0.1, -0.05) is 12.8 Å². The quantitative estimate of drug-likeness (QED) is 0.642. The fraction of sp³-hybridized carbons (Fsp3) is 0.600. The largest absolute Gasteiger partial charge is 0.489 e. The van der Waals surface area contributed by atoms with Gasteiger partial charge in [-0.3, -0.25) is 9.48 Å². The van der Waals surface area contributed by atoms with Crippen molar-refractivity contribution in [2.24, 2.45) is 13.0 Å². The summed E-state index contributed by atoms with van der Waals surface area (Å²) in [5.41, 5.74) is 3.02. The Kier molecular flexibility index (Phi) is 7.38. The van der Waals surface area contributed by atoms with E-state index in [9.17, 15) is 14.7 Å². The smallest absolute Gasteiger partial charge is 0.410 e. The maximum atomic E-state index is 12.5. The molecule has 2 aliphatic carbocycles. The zero-order chi connectivity index (χ0) is 24.2. The SMILES string of the molecule is Cc1nc(-c2cnn(C)c2COC(=O)N(C)C2CCCC2)ccc1O[C@H]1CCC[C@H](C(=O)O)C1. The third kappa shape index (κ3) is 5.34. The van der Waals surface area contributed by atoms with Crippen molar-refractivity contribution in [3.63, 3.8) is 0 Å². The zero-order valence-corrected chi connectivity index (χ0v) is 20.2. The molecule has 4 rings (SSSR count). The normalized spacial score (nSPS) is 20.8. The van der Waals surface area contributed by atoms with E-state index in [1.807, 2.05) is 26.1 Å². The molecular formula is C25H34N4O5. The third-order valence-electron chi connectivity index (χ3n) is 7.14. The van der Waals surface area contributed by atoms with Gasteiger partial charge in [0.15, 0.2) is 0 Å². The molecule has 0 bridgehead atoms. The third-order valence-corrected chi connectivity index (χ3v) is 7.14. The van der Waals surface area contributed by atoms with E-state index in [1.165, 1.54) is 0 Å². The van der Waals surface area contributed by atoms with Gasteiger partial charge in [-0.2, -0.15) is 5.10 Å². The second-order valence-corrected chi connectivity index (χ2v) is 9.45. The number of hydrogen-bond donors (Lipinski definition) is 1. The molecule has 2 aromatic heterocycles. The summed E-state index contributed by atoms with van der Waals surface area (Å²) in [4.78, 5) is 30.3. The summed E-state index contributed by atoms with van der Waals surface area (Å²) < 4.78 is 13.4. The molecule has 34 heavy (non-hydrogen) atoms. The topological polar surface area (TPSA) is 107 Å². The van der Waals surface area contributed by atoms with Crippen LogP contribution in [-0.4, -0.2) is 56.0 Å². The summed E-state index contributed by atoms with van der Waals surface area (Å²) in [7, 11) is 3.62. The average Bonchev–Trinajstić information content (AvgIpc) is 3.48. The molecule has 0 spiro atoms. The van der Waals surface area contributed by atoms with Crippen LogP contribution in [-0.2, 0) is 23.2 Å². The molecule has 9 heteroatoms. The van der Waals surface area contributed by atoms with Crippen molar-refractivity contribution in [3.05, 3.63) is 29.7 Å². The summed E-state index contributed by atoms with van der Waals surface area (Å²) in [5.74, 6) is -0.438. The minimum atomic E-state index is -0.752. The highest BCUT2D eigenvalue weighted by molar-refractivity contribution is 5.70. The molecule has 0 unspecified atom stereocenters. The number of carbonyl (C=O) groups is 2. The van der Waals surface area contributed by atoms with Crippen LogP contribution < -0.4 is 4.74 Å². The number of carboxylic acids is 1. The zero-order valence-electron chi connectivity index (χ0n) is 20.2. The van der Waals surface area contributed by atoms with Crippen LogP contribution in [0.2, 0.25) is 0 Å². The first-order valence-electron chi connectivity index (χ1n) is 12.1. The molecule has 2 aromatic rings. The summed E-state index contributed by atoms with van der Waals surface area (Å²) in [6, 6.07) is 4.00. The van der Waals surface area contributed by atoms with Crippen molar-refractivity contribution in [2.75, 3.05) is 7.05 Å². The number of aliphatic carboxylic acids is 1. The van der Waals surface area contributed by atoms with Gasteiger partial charge in [0.1, 0.15) is 12.4 Å². The second-order valence-electron chi connectivity index (χ2n) is 9.45. The van der Waals surface area contributed by atoms with E-state index in [4.69, 9.17) is 14.5 Å². The van der Waals surface area contributed by atoms with Gasteiger partial charge in [-0.05, 0) is 57.6 Å². The van der Waals surface area contributed by atoms with Crippen LogP contribution in [0.1, 0.15) is 62.8 Å². The number of aryl methyl sites for hydroxylation is 2. The van der Waals surface area contributed by atoms with Gasteiger partial charge in [0.05, 0.1) is 35.3 Å². The number of ether oxygens (including phenoxy) is 2. The van der Waals surface area contributed by atoms with Crippen molar-refractivity contribution in [2.45, 2.75) is 77.0 Å². The van der Waals surface area contributed by atoms with E-state index in [2.05, 4.69) is 5.10 Å². The van der Waals surface area contributed by atoms with Crippen molar-refractivity contribution in [3.8, 4) is 17.0 Å². The van der Waals surface area contributed by atoms with E-state index >= 15 is 0 Å². The van der Waals surface area contributed by atoms with E-state index < -0.39 is 5.97 Å². The Bertz CT molecular complexity index is 1030. The first kappa shape index (κ1) is 24.0. The fourth-order valence-electron chi connectivity index (χ4n) is 5.00. The van der Waals surface area contributed by atoms with Crippen LogP contribution in [0.3, 0.4) is 0 Å². The van der Waals surface area contributed by atoms with Crippen LogP contribution in [0.5, 0.6) is 5.75 Å². The molecule has 0 aliphatic heterocycles. The number of nitrogens with zero attached hydrogens (tertiary/aromatic N) is 4. The maximum Gasteiger partial charge on any atom is 0.410 e. The second kappa shape index (κ2) is 10.4. The predicted octanol–water partition coefficient (Wildman–Crippen LogP) is 4.32. The van der Waals surface area contributed by atoms with Crippen LogP contribution >= 0.6 is 0 Å². The van der Waals surface area contributed by atoms with Gasteiger partial charge >= 0.3 is 12.1 Å². The highest BCUT2D eigenvalue weighted by Gasteiger charge is 2.29. The van der Waals surface area contributed by atoms with E-state index in [0.29, 0.717) is 18.6 Å². The average molecular weight is 471 g/mol. The highest BCUT2D eigenvalue weighted by atomic mass is 16.6. The molecule has 0 radical (unpaired) electrons. The molecule has 2 saturated carbocycles. The summed E-state index contributed by atoms with van der Waals surface area (Å²) in [6.07, 6.45) is 8.56. The number of aromatic nitrogens is 3. The van der Waals surface area contributed by atoms with Crippen molar-refractivity contribution < 1.29 is 24.2 Å². The first-order chi connectivity index (χ1) is 16.3. The van der Waals surface area contributed by atoms with Crippen LogP contribution in [0.15, 0.2) is 18.3 Å². The van der Waals surface area contributed by atoms with Crippen molar-refractivity contribution in [1.82, 2.24) is 19.7 Å². The van der Waals surface area contributed by atoms with Gasteiger partial charge in [0.2, 0.25) is 0 Å². The minimum Gasteiger partial charge on any atom is -0.489 e. The Hall–Kier alpha value is -3.10. The molecule has 2 atom stereocenters. The van der Waals surface area contributed by atoms with Crippen LogP contribution in [0.4, 0.5) is 4.79 Å². The van der Waals surface area contributed by atoms with Crippen LogP contribution in [0, 0.1) is 12.8 Å². The fourth-order valence-corrected chi connectivity index (χ4v) is 5.00. The van der Waals surface area contributed by atoms with Crippen molar-refractivity contribution in [1.29, 1.82) is 0 Å². The standard InChI is InChI=1S/C25H34N4O5/c1-16-23(34-19-10-6-7-17(13-19)24(30)31)12-11-21(27-16)20-14-26-29(3)22(20)15-33-25(32)28(2)18-8-4-5-9-18/h11-12,14,17-19H,4-10,13,15H2,1-3H3,(H,30,31)/t17-,19-/m0/s1. The molecule has 2 fully saturated rings. The molecule has 1 amide bonds. The summed E-state index contributed by atoms with van der Waals surface area (Å²) in [6.45, 7) is 1.99. The summed E-state index contributed by atoms with van der Waals surface area (Å²) in [5, 5.41) is 13.7. The molecule has 0 saturated heterocycles. The lowest BCUT2D eigenvalue weighted by atomic mass is 9.87.